The highest BCUT2D eigenvalue weighted by Gasteiger charge is 2.17. The first-order valence-electron chi connectivity index (χ1n) is 6.39. The minimum absolute atomic E-state index is 0.0446. The van der Waals surface area contributed by atoms with Crippen LogP contribution in [-0.2, 0) is 4.79 Å². The van der Waals surface area contributed by atoms with Crippen LogP contribution in [0.4, 0.5) is 5.69 Å². The summed E-state index contributed by atoms with van der Waals surface area (Å²) in [4.78, 5) is 23.7. The summed E-state index contributed by atoms with van der Waals surface area (Å²) < 4.78 is 5.31. The van der Waals surface area contributed by atoms with E-state index >= 15 is 0 Å². The molecule has 1 unspecified atom stereocenters. The van der Waals surface area contributed by atoms with E-state index in [4.69, 9.17) is 22.1 Å². The van der Waals surface area contributed by atoms with E-state index in [0.717, 1.165) is 0 Å². The van der Waals surface area contributed by atoms with Crippen molar-refractivity contribution in [1.29, 1.82) is 0 Å². The molecule has 0 heterocycles. The fourth-order valence-electron chi connectivity index (χ4n) is 1.58. The number of nitro benzene ring substituents is 1. The second-order valence-corrected chi connectivity index (χ2v) is 4.99. The largest absolute Gasteiger partial charge is 0.486 e. The van der Waals surface area contributed by atoms with Gasteiger partial charge in [0.15, 0.2) is 5.75 Å². The highest BCUT2D eigenvalue weighted by molar-refractivity contribution is 6.30. The van der Waals surface area contributed by atoms with Crippen molar-refractivity contribution in [2.75, 3.05) is 20.2 Å². The normalized spacial score (nSPS) is 11.8. The monoisotopic (exact) mass is 315 g/mol. The number of amides is 1. The van der Waals surface area contributed by atoms with Crippen molar-refractivity contribution in [2.24, 2.45) is 5.73 Å². The fraction of sp³-hybridized carbons (Fsp3) is 0.462. The lowest BCUT2D eigenvalue weighted by Gasteiger charge is -2.23. The van der Waals surface area contributed by atoms with Gasteiger partial charge in [-0.2, -0.15) is 0 Å². The summed E-state index contributed by atoms with van der Waals surface area (Å²) >= 11 is 5.71. The Hall–Kier alpha value is -1.86. The number of nitro groups is 1. The number of likely N-dealkylation sites (N-methyl/N-ethyl adjacent to an activating group) is 1. The van der Waals surface area contributed by atoms with Gasteiger partial charge in [-0.05, 0) is 19.1 Å². The lowest BCUT2D eigenvalue weighted by atomic mass is 10.2. The maximum atomic E-state index is 11.8. The van der Waals surface area contributed by atoms with Crippen LogP contribution in [0.2, 0.25) is 5.02 Å². The number of benzene rings is 1. The molecule has 0 saturated carbocycles. The second-order valence-electron chi connectivity index (χ2n) is 4.56. The molecule has 1 rings (SSSR count). The Bertz CT molecular complexity index is 524. The number of carbonyl (C=O) groups excluding carboxylic acids is 1. The lowest BCUT2D eigenvalue weighted by Crippen LogP contribution is -2.40. The molecule has 1 aromatic carbocycles. The number of rotatable bonds is 7. The molecule has 7 nitrogen and oxygen atoms in total. The topological polar surface area (TPSA) is 98.7 Å². The average molecular weight is 316 g/mol. The van der Waals surface area contributed by atoms with E-state index in [0.29, 0.717) is 6.54 Å². The predicted molar refractivity (Wildman–Crippen MR) is 79.5 cm³/mol. The number of hydrogen-bond donors (Lipinski definition) is 1. The van der Waals surface area contributed by atoms with Gasteiger partial charge in [-0.15, -0.1) is 0 Å². The van der Waals surface area contributed by atoms with E-state index in [-0.39, 0.29) is 41.4 Å². The van der Waals surface area contributed by atoms with E-state index < -0.39 is 4.92 Å². The van der Waals surface area contributed by atoms with Gasteiger partial charge in [0.25, 0.3) is 0 Å². The molecule has 0 saturated heterocycles. The minimum atomic E-state index is -0.578. The van der Waals surface area contributed by atoms with Crippen LogP contribution in [0.1, 0.15) is 13.3 Å². The number of hydrogen-bond acceptors (Lipinski definition) is 5. The van der Waals surface area contributed by atoms with Crippen LogP contribution in [0, 0.1) is 10.1 Å². The van der Waals surface area contributed by atoms with Gasteiger partial charge in [0.05, 0.1) is 18.0 Å². The van der Waals surface area contributed by atoms with E-state index in [9.17, 15) is 14.9 Å². The third-order valence-corrected chi connectivity index (χ3v) is 3.32. The van der Waals surface area contributed by atoms with Crippen LogP contribution in [-0.4, -0.2) is 42.0 Å². The Labute approximate surface area is 127 Å². The molecule has 0 aliphatic heterocycles. The standard InChI is InChI=1S/C13H18ClN3O4/c1-9(8-15)16(2)13(18)5-6-21-12-4-3-10(14)7-11(12)17(19)20/h3-4,7,9H,5-6,8,15H2,1-2H3. The number of nitrogens with two attached hydrogens (primary N) is 1. The van der Waals surface area contributed by atoms with Gasteiger partial charge in [-0.1, -0.05) is 11.6 Å². The van der Waals surface area contributed by atoms with Gasteiger partial charge >= 0.3 is 5.69 Å². The third-order valence-electron chi connectivity index (χ3n) is 3.09. The Balaban J connectivity index is 2.61. The molecular weight excluding hydrogens is 298 g/mol. The third kappa shape index (κ3) is 4.87. The van der Waals surface area contributed by atoms with E-state index in [1.54, 1.807) is 7.05 Å². The quantitative estimate of drug-likeness (QED) is 0.611. The van der Waals surface area contributed by atoms with Crippen LogP contribution >= 0.6 is 11.6 Å². The molecule has 1 atom stereocenters. The Morgan fingerprint density at radius 2 is 2.24 bits per heavy atom. The van der Waals surface area contributed by atoms with Gasteiger partial charge < -0.3 is 15.4 Å². The van der Waals surface area contributed by atoms with Gasteiger partial charge in [0.1, 0.15) is 0 Å². The maximum Gasteiger partial charge on any atom is 0.312 e. The maximum absolute atomic E-state index is 11.8. The lowest BCUT2D eigenvalue weighted by molar-refractivity contribution is -0.385. The molecule has 0 bridgehead atoms. The average Bonchev–Trinajstić information content (AvgIpc) is 2.46. The van der Waals surface area contributed by atoms with Gasteiger partial charge in [0.2, 0.25) is 5.91 Å². The summed E-state index contributed by atoms with van der Waals surface area (Å²) in [5.41, 5.74) is 5.26. The van der Waals surface area contributed by atoms with Crippen LogP contribution in [0.15, 0.2) is 18.2 Å². The number of nitrogens with zero attached hydrogens (tertiary/aromatic N) is 2. The Kier molecular flexibility index (Phi) is 6.39. The summed E-state index contributed by atoms with van der Waals surface area (Å²) in [5, 5.41) is 11.1. The molecule has 116 valence electrons. The molecule has 0 aliphatic carbocycles. The molecule has 0 aliphatic rings. The number of ether oxygens (including phenoxy) is 1. The SMILES string of the molecule is CC(CN)N(C)C(=O)CCOc1ccc(Cl)cc1[N+](=O)[O-]. The first-order chi connectivity index (χ1) is 9.86. The molecular formula is C13H18ClN3O4. The van der Waals surface area contributed by atoms with Gasteiger partial charge in [-0.25, -0.2) is 0 Å². The summed E-state index contributed by atoms with van der Waals surface area (Å²) in [6.07, 6.45) is 0.112. The van der Waals surface area contributed by atoms with Gasteiger partial charge in [0, 0.05) is 30.7 Å². The summed E-state index contributed by atoms with van der Waals surface area (Å²) in [7, 11) is 1.66. The molecule has 0 aromatic heterocycles. The molecule has 1 aromatic rings. The van der Waals surface area contributed by atoms with Crippen molar-refractivity contribution in [3.05, 3.63) is 33.3 Å². The summed E-state index contributed by atoms with van der Waals surface area (Å²) in [6.45, 7) is 2.25. The van der Waals surface area contributed by atoms with Crippen molar-refractivity contribution in [3.63, 3.8) is 0 Å². The van der Waals surface area contributed by atoms with E-state index in [2.05, 4.69) is 0 Å². The zero-order valence-corrected chi connectivity index (χ0v) is 12.7. The van der Waals surface area contributed by atoms with Crippen molar-refractivity contribution in [2.45, 2.75) is 19.4 Å². The number of carbonyl (C=O) groups is 1. The van der Waals surface area contributed by atoms with Crippen LogP contribution in [0.25, 0.3) is 0 Å². The molecule has 0 fully saturated rings. The minimum Gasteiger partial charge on any atom is -0.486 e. The smallest absolute Gasteiger partial charge is 0.312 e. The Morgan fingerprint density at radius 1 is 1.57 bits per heavy atom. The second kappa shape index (κ2) is 7.80. The zero-order valence-electron chi connectivity index (χ0n) is 11.9. The van der Waals surface area contributed by atoms with Crippen molar-refractivity contribution >= 4 is 23.2 Å². The van der Waals surface area contributed by atoms with Crippen LogP contribution < -0.4 is 10.5 Å². The summed E-state index contributed by atoms with van der Waals surface area (Å²) in [6, 6.07) is 4.05. The van der Waals surface area contributed by atoms with Crippen molar-refractivity contribution in [1.82, 2.24) is 4.90 Å². The van der Waals surface area contributed by atoms with Gasteiger partial charge in [-0.3, -0.25) is 14.9 Å². The predicted octanol–water partition coefficient (Wildman–Crippen LogP) is 1.82. The van der Waals surface area contributed by atoms with Crippen LogP contribution in [0.3, 0.4) is 0 Å². The Morgan fingerprint density at radius 3 is 2.81 bits per heavy atom. The van der Waals surface area contributed by atoms with E-state index in [1.807, 2.05) is 6.92 Å². The molecule has 0 spiro atoms. The summed E-state index contributed by atoms with van der Waals surface area (Å²) in [5.74, 6) is -0.0451. The first-order valence-corrected chi connectivity index (χ1v) is 6.77. The first kappa shape index (κ1) is 17.2. The number of halogens is 1. The van der Waals surface area contributed by atoms with E-state index in [1.165, 1.54) is 23.1 Å². The highest BCUT2D eigenvalue weighted by atomic mass is 35.5. The van der Waals surface area contributed by atoms with Crippen molar-refractivity contribution < 1.29 is 14.5 Å². The molecule has 0 radical (unpaired) electrons. The highest BCUT2D eigenvalue weighted by Crippen LogP contribution is 2.29. The van der Waals surface area contributed by atoms with Crippen molar-refractivity contribution in [3.8, 4) is 5.75 Å². The zero-order chi connectivity index (χ0) is 16.0. The molecule has 21 heavy (non-hydrogen) atoms. The molecule has 2 N–H and O–H groups in total. The van der Waals surface area contributed by atoms with Crippen LogP contribution in [0.5, 0.6) is 5.75 Å². The fourth-order valence-corrected chi connectivity index (χ4v) is 1.75. The molecule has 1 amide bonds. The molecule has 8 heteroatoms.